The van der Waals surface area contributed by atoms with Crippen LogP contribution in [0.1, 0.15) is 23.6 Å². The Morgan fingerprint density at radius 3 is 2.48 bits per heavy atom. The van der Waals surface area contributed by atoms with E-state index in [-0.39, 0.29) is 0 Å². The summed E-state index contributed by atoms with van der Waals surface area (Å²) in [6, 6.07) is 21.0. The van der Waals surface area contributed by atoms with Gasteiger partial charge in [-0.3, -0.25) is 0 Å². The molecule has 0 spiro atoms. The number of rotatable bonds is 5. The lowest BCUT2D eigenvalue weighted by Gasteiger charge is -2.15. The minimum absolute atomic E-state index is 0.584. The molecule has 116 valence electrons. The van der Waals surface area contributed by atoms with Crippen LogP contribution in [0.2, 0.25) is 0 Å². The van der Waals surface area contributed by atoms with Gasteiger partial charge in [0.05, 0.1) is 0 Å². The van der Waals surface area contributed by atoms with E-state index in [1.165, 1.54) is 27.5 Å². The van der Waals surface area contributed by atoms with E-state index in [4.69, 9.17) is 4.74 Å². The predicted octanol–water partition coefficient (Wildman–Crippen LogP) is 5.80. The van der Waals surface area contributed by atoms with Gasteiger partial charge in [-0.25, -0.2) is 0 Å². The van der Waals surface area contributed by atoms with Crippen molar-refractivity contribution in [3.63, 3.8) is 0 Å². The van der Waals surface area contributed by atoms with Crippen LogP contribution in [-0.2, 0) is 6.42 Å². The van der Waals surface area contributed by atoms with Crippen molar-refractivity contribution in [2.75, 3.05) is 6.61 Å². The summed E-state index contributed by atoms with van der Waals surface area (Å²) in [5, 5.41) is 2.58. The van der Waals surface area contributed by atoms with E-state index in [1.807, 2.05) is 18.2 Å². The molecule has 0 N–H and O–H groups in total. The van der Waals surface area contributed by atoms with Crippen molar-refractivity contribution in [2.24, 2.45) is 0 Å². The molecule has 0 bridgehead atoms. The van der Waals surface area contributed by atoms with Gasteiger partial charge < -0.3 is 4.74 Å². The van der Waals surface area contributed by atoms with E-state index in [1.54, 1.807) is 0 Å². The molecule has 1 nitrogen and oxygen atoms in total. The summed E-state index contributed by atoms with van der Waals surface area (Å²) < 4.78 is 6.10. The second-order valence-corrected chi connectivity index (χ2v) is 5.70. The summed E-state index contributed by atoms with van der Waals surface area (Å²) in [5.41, 5.74) is 3.70. The molecule has 23 heavy (non-hydrogen) atoms. The first-order valence-corrected chi connectivity index (χ1v) is 8.15. The van der Waals surface area contributed by atoms with Crippen molar-refractivity contribution in [1.29, 1.82) is 0 Å². The zero-order valence-corrected chi connectivity index (χ0v) is 13.8. The molecule has 3 rings (SSSR count). The first-order valence-electron chi connectivity index (χ1n) is 8.15. The molecular weight excluding hydrogens is 280 g/mol. The number of ether oxygens (including phenoxy) is 1. The van der Waals surface area contributed by atoms with Crippen LogP contribution in [0.15, 0.2) is 66.7 Å². The summed E-state index contributed by atoms with van der Waals surface area (Å²) in [6.45, 7) is 4.90. The Balaban J connectivity index is 1.82. The van der Waals surface area contributed by atoms with Gasteiger partial charge in [-0.15, -0.1) is 0 Å². The van der Waals surface area contributed by atoms with Crippen LogP contribution < -0.4 is 4.74 Å². The zero-order valence-electron chi connectivity index (χ0n) is 13.8. The molecule has 0 radical (unpaired) electrons. The fraction of sp³-hybridized carbons (Fsp3) is 0.182. The molecule has 0 saturated carbocycles. The topological polar surface area (TPSA) is 9.23 Å². The van der Waals surface area contributed by atoms with E-state index >= 15 is 0 Å². The maximum absolute atomic E-state index is 6.10. The molecule has 3 aromatic carbocycles. The molecule has 0 heterocycles. The molecule has 0 aromatic heterocycles. The third kappa shape index (κ3) is 3.45. The zero-order chi connectivity index (χ0) is 16.1. The van der Waals surface area contributed by atoms with Gasteiger partial charge in [0.2, 0.25) is 0 Å². The number of fused-ring (bicyclic) bond motifs is 1. The van der Waals surface area contributed by atoms with E-state index in [2.05, 4.69) is 68.5 Å². The van der Waals surface area contributed by atoms with Crippen LogP contribution in [0, 0.1) is 6.92 Å². The van der Waals surface area contributed by atoms with Gasteiger partial charge in [0.25, 0.3) is 0 Å². The average Bonchev–Trinajstić information content (AvgIpc) is 2.59. The summed E-state index contributed by atoms with van der Waals surface area (Å²) >= 11 is 0. The van der Waals surface area contributed by atoms with Gasteiger partial charge in [0, 0.05) is 5.56 Å². The maximum Gasteiger partial charge on any atom is 0.126 e. The van der Waals surface area contributed by atoms with Crippen molar-refractivity contribution < 1.29 is 4.74 Å². The highest BCUT2D eigenvalue weighted by Crippen LogP contribution is 2.32. The van der Waals surface area contributed by atoms with Crippen molar-refractivity contribution in [2.45, 2.75) is 20.3 Å². The van der Waals surface area contributed by atoms with Crippen molar-refractivity contribution in [1.82, 2.24) is 0 Å². The Labute approximate surface area is 138 Å². The van der Waals surface area contributed by atoms with Crippen LogP contribution in [0.4, 0.5) is 0 Å². The van der Waals surface area contributed by atoms with Crippen LogP contribution >= 0.6 is 0 Å². The van der Waals surface area contributed by atoms with Gasteiger partial charge >= 0.3 is 0 Å². The molecule has 0 aliphatic heterocycles. The molecule has 3 aromatic rings. The number of benzene rings is 3. The Kier molecular flexibility index (Phi) is 4.77. The molecule has 0 fully saturated rings. The first-order chi connectivity index (χ1) is 11.3. The highest BCUT2D eigenvalue weighted by molar-refractivity contribution is 5.89. The molecule has 0 amide bonds. The first kappa shape index (κ1) is 15.4. The van der Waals surface area contributed by atoms with Gasteiger partial charge in [-0.1, -0.05) is 67.6 Å². The van der Waals surface area contributed by atoms with Crippen LogP contribution in [-0.4, -0.2) is 6.61 Å². The molecule has 0 saturated heterocycles. The summed E-state index contributed by atoms with van der Waals surface area (Å²) in [4.78, 5) is 0. The standard InChI is InChI=1S/C22H22O/c1-3-20-21-14-8-7-13-19(21)16-17(2)22(20)23-15-9-12-18-10-5-4-6-11-18/h4-14,16H,3,15H2,1-2H3/b12-9+. The monoisotopic (exact) mass is 302 g/mol. The minimum atomic E-state index is 0.584. The van der Waals surface area contributed by atoms with E-state index in [9.17, 15) is 0 Å². The lowest BCUT2D eigenvalue weighted by molar-refractivity contribution is 0.358. The third-order valence-corrected chi connectivity index (χ3v) is 4.08. The minimum Gasteiger partial charge on any atom is -0.489 e. The predicted molar refractivity (Wildman–Crippen MR) is 99.0 cm³/mol. The Hall–Kier alpha value is -2.54. The molecular formula is C22H22O. The number of aryl methyl sites for hydroxylation is 2. The van der Waals surface area contributed by atoms with Gasteiger partial charge in [0.1, 0.15) is 12.4 Å². The van der Waals surface area contributed by atoms with Crippen molar-refractivity contribution in [3.05, 3.63) is 83.4 Å². The molecule has 0 atom stereocenters. The summed E-state index contributed by atoms with van der Waals surface area (Å²) in [5.74, 6) is 1.03. The second kappa shape index (κ2) is 7.15. The van der Waals surface area contributed by atoms with Crippen LogP contribution in [0.5, 0.6) is 5.75 Å². The van der Waals surface area contributed by atoms with Crippen LogP contribution in [0.3, 0.4) is 0 Å². The quantitative estimate of drug-likeness (QED) is 0.578. The molecule has 0 aliphatic carbocycles. The van der Waals surface area contributed by atoms with E-state index in [0.29, 0.717) is 6.61 Å². The van der Waals surface area contributed by atoms with Crippen LogP contribution in [0.25, 0.3) is 16.8 Å². The van der Waals surface area contributed by atoms with Crippen molar-refractivity contribution in [3.8, 4) is 5.75 Å². The van der Waals surface area contributed by atoms with Gasteiger partial charge in [0.15, 0.2) is 0 Å². The third-order valence-electron chi connectivity index (χ3n) is 4.08. The van der Waals surface area contributed by atoms with E-state index in [0.717, 1.165) is 12.2 Å². The summed E-state index contributed by atoms with van der Waals surface area (Å²) in [6.07, 6.45) is 5.14. The lowest BCUT2D eigenvalue weighted by atomic mass is 9.98. The molecule has 1 heteroatoms. The fourth-order valence-electron chi connectivity index (χ4n) is 2.99. The largest absolute Gasteiger partial charge is 0.489 e. The van der Waals surface area contributed by atoms with E-state index < -0.39 is 0 Å². The van der Waals surface area contributed by atoms with Gasteiger partial charge in [-0.05, 0) is 47.4 Å². The smallest absolute Gasteiger partial charge is 0.126 e. The average molecular weight is 302 g/mol. The lowest BCUT2D eigenvalue weighted by Crippen LogP contribution is -2.00. The van der Waals surface area contributed by atoms with Crippen molar-refractivity contribution >= 4 is 16.8 Å². The molecule has 0 aliphatic rings. The Bertz CT molecular complexity index is 816. The SMILES string of the molecule is CCc1c(OC/C=C/c2ccccc2)c(C)cc2ccccc12. The maximum atomic E-state index is 6.10. The second-order valence-electron chi connectivity index (χ2n) is 5.70. The number of hydrogen-bond acceptors (Lipinski definition) is 1. The van der Waals surface area contributed by atoms with Gasteiger partial charge in [-0.2, -0.15) is 0 Å². The highest BCUT2D eigenvalue weighted by atomic mass is 16.5. The Morgan fingerprint density at radius 2 is 1.70 bits per heavy atom. The normalized spacial score (nSPS) is 11.2. The summed E-state index contributed by atoms with van der Waals surface area (Å²) in [7, 11) is 0. The molecule has 0 unspecified atom stereocenters. The fourth-order valence-corrected chi connectivity index (χ4v) is 2.99. The number of hydrogen-bond donors (Lipinski definition) is 0. The Morgan fingerprint density at radius 1 is 0.957 bits per heavy atom. The highest BCUT2D eigenvalue weighted by Gasteiger charge is 2.10.